The van der Waals surface area contributed by atoms with Crippen LogP contribution in [-0.2, 0) is 0 Å². The number of ether oxygens (including phenoxy) is 1. The summed E-state index contributed by atoms with van der Waals surface area (Å²) in [6.07, 6.45) is 4.50. The van der Waals surface area contributed by atoms with Gasteiger partial charge in [0.05, 0.1) is 18.8 Å². The van der Waals surface area contributed by atoms with Gasteiger partial charge in [0.25, 0.3) is 5.91 Å². The van der Waals surface area contributed by atoms with Gasteiger partial charge in [-0.2, -0.15) is 0 Å². The van der Waals surface area contributed by atoms with E-state index in [1.807, 2.05) is 29.2 Å². The lowest BCUT2D eigenvalue weighted by atomic mass is 10.0. The number of aliphatic hydroxyl groups is 1. The Balaban J connectivity index is 2.24. The Bertz CT molecular complexity index is 473. The standard InChI is InChI=1S/C17H25NO3/c1-13(19)12-14-8-4-3-7-11-18(14)17(20)15-9-5-6-10-16(15)21-2/h5-6,9-10,13-14,19H,3-4,7-8,11-12H2,1-2H3. The molecule has 1 heterocycles. The third-order valence-electron chi connectivity index (χ3n) is 4.09. The van der Waals surface area contributed by atoms with Gasteiger partial charge >= 0.3 is 0 Å². The monoisotopic (exact) mass is 291 g/mol. The van der Waals surface area contributed by atoms with E-state index in [2.05, 4.69) is 0 Å². The molecule has 1 aliphatic rings. The number of likely N-dealkylation sites (tertiary alicyclic amines) is 1. The number of rotatable bonds is 4. The van der Waals surface area contributed by atoms with Crippen molar-refractivity contribution in [2.75, 3.05) is 13.7 Å². The van der Waals surface area contributed by atoms with Gasteiger partial charge in [0.15, 0.2) is 0 Å². The first kappa shape index (κ1) is 15.8. The molecule has 21 heavy (non-hydrogen) atoms. The molecule has 0 aromatic heterocycles. The fourth-order valence-electron chi connectivity index (χ4n) is 3.06. The molecule has 1 saturated heterocycles. The Morgan fingerprint density at radius 2 is 2.14 bits per heavy atom. The van der Waals surface area contributed by atoms with Gasteiger partial charge in [0.2, 0.25) is 0 Å². The van der Waals surface area contributed by atoms with E-state index in [1.54, 1.807) is 14.0 Å². The van der Waals surface area contributed by atoms with Crippen molar-refractivity contribution >= 4 is 5.91 Å². The largest absolute Gasteiger partial charge is 0.496 e. The van der Waals surface area contributed by atoms with Crippen LogP contribution >= 0.6 is 0 Å². The summed E-state index contributed by atoms with van der Waals surface area (Å²) in [5.41, 5.74) is 0.609. The summed E-state index contributed by atoms with van der Waals surface area (Å²) in [6.45, 7) is 2.55. The molecule has 1 amide bonds. The van der Waals surface area contributed by atoms with Gasteiger partial charge in [0.1, 0.15) is 5.75 Å². The summed E-state index contributed by atoms with van der Waals surface area (Å²) in [7, 11) is 1.59. The number of aliphatic hydroxyl groups excluding tert-OH is 1. The Morgan fingerprint density at radius 3 is 2.86 bits per heavy atom. The van der Waals surface area contributed by atoms with Crippen LogP contribution in [0.25, 0.3) is 0 Å². The van der Waals surface area contributed by atoms with Crippen LogP contribution in [-0.4, -0.2) is 41.7 Å². The first-order valence-electron chi connectivity index (χ1n) is 7.75. The van der Waals surface area contributed by atoms with Crippen molar-refractivity contribution in [2.45, 2.75) is 51.2 Å². The zero-order chi connectivity index (χ0) is 15.2. The molecule has 1 fully saturated rings. The van der Waals surface area contributed by atoms with Gasteiger partial charge in [-0.3, -0.25) is 4.79 Å². The highest BCUT2D eigenvalue weighted by Crippen LogP contribution is 2.26. The maximum atomic E-state index is 12.9. The molecule has 2 rings (SSSR count). The smallest absolute Gasteiger partial charge is 0.257 e. The number of amides is 1. The second-order valence-corrected chi connectivity index (χ2v) is 5.79. The van der Waals surface area contributed by atoms with Gasteiger partial charge in [0, 0.05) is 12.6 Å². The average Bonchev–Trinajstić information content (AvgIpc) is 2.71. The minimum atomic E-state index is -0.388. The van der Waals surface area contributed by atoms with Crippen LogP contribution in [0.5, 0.6) is 5.75 Å². The second-order valence-electron chi connectivity index (χ2n) is 5.79. The zero-order valence-electron chi connectivity index (χ0n) is 12.9. The van der Waals surface area contributed by atoms with Crippen LogP contribution < -0.4 is 4.74 Å². The predicted molar refractivity (Wildman–Crippen MR) is 82.6 cm³/mol. The van der Waals surface area contributed by atoms with E-state index in [0.717, 1.165) is 32.2 Å². The van der Waals surface area contributed by atoms with Crippen LogP contribution in [0.2, 0.25) is 0 Å². The number of hydrogen-bond donors (Lipinski definition) is 1. The Morgan fingerprint density at radius 1 is 1.38 bits per heavy atom. The van der Waals surface area contributed by atoms with E-state index in [4.69, 9.17) is 4.74 Å². The number of methoxy groups -OCH3 is 1. The SMILES string of the molecule is COc1ccccc1C(=O)N1CCCCCC1CC(C)O. The fourth-order valence-corrected chi connectivity index (χ4v) is 3.06. The van der Waals surface area contributed by atoms with E-state index in [1.165, 1.54) is 0 Å². The molecule has 116 valence electrons. The minimum absolute atomic E-state index is 0.0139. The quantitative estimate of drug-likeness (QED) is 0.928. The maximum Gasteiger partial charge on any atom is 0.257 e. The van der Waals surface area contributed by atoms with E-state index < -0.39 is 0 Å². The average molecular weight is 291 g/mol. The normalized spacial score (nSPS) is 20.7. The third-order valence-corrected chi connectivity index (χ3v) is 4.09. The number of hydrogen-bond acceptors (Lipinski definition) is 3. The fraction of sp³-hybridized carbons (Fsp3) is 0.588. The summed E-state index contributed by atoms with van der Waals surface area (Å²) in [4.78, 5) is 14.8. The van der Waals surface area contributed by atoms with Gasteiger partial charge < -0.3 is 14.7 Å². The lowest BCUT2D eigenvalue weighted by Gasteiger charge is -2.31. The Labute approximate surface area is 126 Å². The maximum absolute atomic E-state index is 12.9. The highest BCUT2D eigenvalue weighted by molar-refractivity contribution is 5.97. The van der Waals surface area contributed by atoms with Crippen molar-refractivity contribution in [1.82, 2.24) is 4.90 Å². The molecule has 2 unspecified atom stereocenters. The van der Waals surface area contributed by atoms with Crippen molar-refractivity contribution in [3.63, 3.8) is 0 Å². The molecule has 1 aliphatic heterocycles. The molecule has 0 saturated carbocycles. The molecule has 2 atom stereocenters. The third kappa shape index (κ3) is 3.97. The van der Waals surface area contributed by atoms with Crippen molar-refractivity contribution in [3.8, 4) is 5.75 Å². The lowest BCUT2D eigenvalue weighted by molar-refractivity contribution is 0.0604. The lowest BCUT2D eigenvalue weighted by Crippen LogP contribution is -2.41. The van der Waals surface area contributed by atoms with E-state index in [-0.39, 0.29) is 18.1 Å². The first-order valence-corrected chi connectivity index (χ1v) is 7.75. The van der Waals surface area contributed by atoms with Crippen molar-refractivity contribution in [1.29, 1.82) is 0 Å². The first-order chi connectivity index (χ1) is 10.1. The Hall–Kier alpha value is -1.55. The van der Waals surface area contributed by atoms with Gasteiger partial charge in [-0.15, -0.1) is 0 Å². The molecule has 1 aromatic carbocycles. The summed E-state index contributed by atoms with van der Waals surface area (Å²) >= 11 is 0. The summed E-state index contributed by atoms with van der Waals surface area (Å²) in [5.74, 6) is 0.627. The minimum Gasteiger partial charge on any atom is -0.496 e. The molecule has 1 N–H and O–H groups in total. The summed E-state index contributed by atoms with van der Waals surface area (Å²) in [5, 5.41) is 9.70. The highest BCUT2D eigenvalue weighted by atomic mass is 16.5. The molecule has 0 aliphatic carbocycles. The van der Waals surface area contributed by atoms with Crippen LogP contribution in [0.1, 0.15) is 49.4 Å². The summed E-state index contributed by atoms with van der Waals surface area (Å²) < 4.78 is 5.31. The van der Waals surface area contributed by atoms with Gasteiger partial charge in [-0.1, -0.05) is 25.0 Å². The molecule has 4 heteroatoms. The van der Waals surface area contributed by atoms with Crippen LogP contribution in [0.15, 0.2) is 24.3 Å². The van der Waals surface area contributed by atoms with Crippen molar-refractivity contribution in [3.05, 3.63) is 29.8 Å². The highest BCUT2D eigenvalue weighted by Gasteiger charge is 2.28. The van der Waals surface area contributed by atoms with Crippen molar-refractivity contribution in [2.24, 2.45) is 0 Å². The van der Waals surface area contributed by atoms with E-state index in [0.29, 0.717) is 17.7 Å². The van der Waals surface area contributed by atoms with E-state index in [9.17, 15) is 9.90 Å². The number of benzene rings is 1. The van der Waals surface area contributed by atoms with Crippen LogP contribution in [0.3, 0.4) is 0 Å². The number of nitrogens with zero attached hydrogens (tertiary/aromatic N) is 1. The predicted octanol–water partition coefficient (Wildman–Crippen LogP) is 2.85. The zero-order valence-corrected chi connectivity index (χ0v) is 12.9. The Kier molecular flexibility index (Phi) is 5.62. The molecule has 4 nitrogen and oxygen atoms in total. The van der Waals surface area contributed by atoms with Crippen LogP contribution in [0, 0.1) is 0 Å². The molecular weight excluding hydrogens is 266 g/mol. The summed E-state index contributed by atoms with van der Waals surface area (Å²) in [6, 6.07) is 7.47. The van der Waals surface area contributed by atoms with Crippen molar-refractivity contribution < 1.29 is 14.6 Å². The van der Waals surface area contributed by atoms with E-state index >= 15 is 0 Å². The number of carbonyl (C=O) groups excluding carboxylic acids is 1. The molecule has 1 aromatic rings. The second kappa shape index (κ2) is 7.46. The topological polar surface area (TPSA) is 49.8 Å². The van der Waals surface area contributed by atoms with Crippen LogP contribution in [0.4, 0.5) is 0 Å². The van der Waals surface area contributed by atoms with Gasteiger partial charge in [-0.05, 0) is 38.3 Å². The molecule has 0 bridgehead atoms. The molecule has 0 radical (unpaired) electrons. The number of carbonyl (C=O) groups is 1. The van der Waals surface area contributed by atoms with Gasteiger partial charge in [-0.25, -0.2) is 0 Å². The molecule has 0 spiro atoms. The number of para-hydroxylation sites is 1. The molecular formula is C17H25NO3.